The molecule has 0 aliphatic heterocycles. The van der Waals surface area contributed by atoms with E-state index in [0.29, 0.717) is 34.6 Å². The minimum Gasteiger partial charge on any atom is -0.496 e. The van der Waals surface area contributed by atoms with E-state index in [0.717, 1.165) is 45.4 Å². The minimum absolute atomic E-state index is 0.465. The number of para-hydroxylation sites is 2. The van der Waals surface area contributed by atoms with E-state index in [9.17, 15) is 0 Å². The van der Waals surface area contributed by atoms with Gasteiger partial charge in [-0.1, -0.05) is 24.3 Å². The molecule has 0 saturated heterocycles. The van der Waals surface area contributed by atoms with E-state index in [-0.39, 0.29) is 0 Å². The fourth-order valence-corrected chi connectivity index (χ4v) is 4.94. The Morgan fingerprint density at radius 3 is 1.28 bits per heavy atom. The second-order valence-corrected chi connectivity index (χ2v) is 10.1. The Bertz CT molecular complexity index is 1860. The molecule has 0 aliphatic carbocycles. The lowest BCUT2D eigenvalue weighted by Crippen LogP contribution is -1.99. The number of benzene rings is 4. The summed E-state index contributed by atoms with van der Waals surface area (Å²) in [5.41, 5.74) is 4.61. The van der Waals surface area contributed by atoms with Crippen LogP contribution in [0.25, 0.3) is 22.5 Å². The zero-order valence-corrected chi connectivity index (χ0v) is 26.2. The van der Waals surface area contributed by atoms with Gasteiger partial charge in [-0.3, -0.25) is 0 Å². The first-order valence-corrected chi connectivity index (χ1v) is 14.6. The average Bonchev–Trinajstić information content (AvgIpc) is 3.12. The molecule has 4 aromatic carbocycles. The van der Waals surface area contributed by atoms with Crippen molar-refractivity contribution < 1.29 is 23.7 Å². The van der Waals surface area contributed by atoms with Crippen LogP contribution >= 0.6 is 0 Å². The van der Waals surface area contributed by atoms with Crippen molar-refractivity contribution in [3.63, 3.8) is 0 Å². The largest absolute Gasteiger partial charge is 0.496 e. The van der Waals surface area contributed by atoms with Crippen molar-refractivity contribution in [2.45, 2.75) is 0 Å². The minimum atomic E-state index is 0.465. The summed E-state index contributed by atoms with van der Waals surface area (Å²) in [4.78, 5) is 17.7. The van der Waals surface area contributed by atoms with Crippen LogP contribution in [0, 0.1) is 0 Å². The van der Waals surface area contributed by atoms with Gasteiger partial charge < -0.3 is 34.3 Å². The number of aromatic nitrogens is 4. The second-order valence-electron chi connectivity index (χ2n) is 10.1. The highest BCUT2D eigenvalue weighted by molar-refractivity contribution is 5.72. The molecule has 0 fully saturated rings. The molecule has 6 aromatic rings. The van der Waals surface area contributed by atoms with E-state index in [1.54, 1.807) is 28.4 Å². The van der Waals surface area contributed by atoms with E-state index in [1.807, 2.05) is 97.1 Å². The van der Waals surface area contributed by atoms with Gasteiger partial charge in [-0.15, -0.1) is 0 Å². The Morgan fingerprint density at radius 2 is 0.851 bits per heavy atom. The third-order valence-electron chi connectivity index (χ3n) is 7.19. The molecule has 47 heavy (non-hydrogen) atoms. The van der Waals surface area contributed by atoms with Crippen LogP contribution in [-0.2, 0) is 0 Å². The van der Waals surface area contributed by atoms with E-state index >= 15 is 0 Å². The van der Waals surface area contributed by atoms with Gasteiger partial charge in [0.15, 0.2) is 23.0 Å². The molecule has 0 bridgehead atoms. The average molecular weight is 629 g/mol. The molecule has 6 rings (SSSR count). The first-order valence-electron chi connectivity index (χ1n) is 14.6. The van der Waals surface area contributed by atoms with Gasteiger partial charge in [0.25, 0.3) is 0 Å². The van der Waals surface area contributed by atoms with Gasteiger partial charge in [-0.2, -0.15) is 0 Å². The van der Waals surface area contributed by atoms with Gasteiger partial charge in [0.2, 0.25) is 0 Å². The van der Waals surface area contributed by atoms with Crippen LogP contribution < -0.4 is 34.3 Å². The molecule has 236 valence electrons. The van der Waals surface area contributed by atoms with Gasteiger partial charge in [0, 0.05) is 46.8 Å². The van der Waals surface area contributed by atoms with Crippen LogP contribution in [0.15, 0.2) is 110 Å². The van der Waals surface area contributed by atoms with Crippen molar-refractivity contribution in [2.24, 2.45) is 0 Å². The van der Waals surface area contributed by atoms with Gasteiger partial charge in [0.05, 0.1) is 39.8 Å². The van der Waals surface area contributed by atoms with Crippen LogP contribution in [0.1, 0.15) is 0 Å². The molecule has 0 saturated carbocycles. The molecule has 0 radical (unpaired) electrons. The summed E-state index contributed by atoms with van der Waals surface area (Å²) in [6.45, 7) is 0. The number of methoxy groups -OCH3 is 4. The maximum absolute atomic E-state index is 6.40. The Hall–Kier alpha value is -6.36. The smallest absolute Gasteiger partial charge is 0.171 e. The van der Waals surface area contributed by atoms with Crippen molar-refractivity contribution in [1.82, 2.24) is 19.9 Å². The number of ether oxygens (including phenoxy) is 5. The quantitative estimate of drug-likeness (QED) is 0.137. The summed E-state index contributed by atoms with van der Waals surface area (Å²) >= 11 is 0. The Labute approximate surface area is 272 Å². The Balaban J connectivity index is 1.25. The number of hydrogen-bond donors (Lipinski definition) is 2. The molecule has 2 heterocycles. The highest BCUT2D eigenvalue weighted by atomic mass is 16.5. The van der Waals surface area contributed by atoms with Crippen LogP contribution in [0.4, 0.5) is 23.0 Å². The second kappa shape index (κ2) is 14.2. The molecule has 11 nitrogen and oxygen atoms in total. The Morgan fingerprint density at radius 1 is 0.426 bits per heavy atom. The van der Waals surface area contributed by atoms with E-state index in [2.05, 4.69) is 30.6 Å². The predicted octanol–water partition coefficient (Wildman–Crippen LogP) is 7.91. The van der Waals surface area contributed by atoms with Crippen molar-refractivity contribution >= 4 is 23.0 Å². The molecular weight excluding hydrogens is 596 g/mol. The van der Waals surface area contributed by atoms with Crippen molar-refractivity contribution in [2.75, 3.05) is 39.1 Å². The molecule has 0 aliphatic rings. The van der Waals surface area contributed by atoms with E-state index < -0.39 is 0 Å². The third-order valence-corrected chi connectivity index (χ3v) is 7.19. The van der Waals surface area contributed by atoms with Gasteiger partial charge in [-0.25, -0.2) is 19.9 Å². The number of nitrogens with zero attached hydrogens (tertiary/aromatic N) is 4. The lowest BCUT2D eigenvalue weighted by Gasteiger charge is -2.16. The first-order chi connectivity index (χ1) is 23.1. The fraction of sp³-hybridized carbons (Fsp3) is 0.111. The summed E-state index contributed by atoms with van der Waals surface area (Å²) in [5.74, 6) is 4.63. The number of anilines is 4. The number of nitrogens with one attached hydrogen (secondary N) is 2. The zero-order valence-electron chi connectivity index (χ0n) is 26.2. The molecule has 2 N–H and O–H groups in total. The van der Waals surface area contributed by atoms with E-state index in [4.69, 9.17) is 23.7 Å². The molecular formula is C36H32N6O5. The number of rotatable bonds is 12. The van der Waals surface area contributed by atoms with Crippen LogP contribution in [0.3, 0.4) is 0 Å². The monoisotopic (exact) mass is 628 g/mol. The fourth-order valence-electron chi connectivity index (χ4n) is 4.94. The van der Waals surface area contributed by atoms with Gasteiger partial charge in [0.1, 0.15) is 35.8 Å². The molecule has 0 unspecified atom stereocenters. The Kier molecular flexibility index (Phi) is 9.24. The molecule has 0 spiro atoms. The van der Waals surface area contributed by atoms with Crippen molar-refractivity contribution in [3.05, 3.63) is 110 Å². The number of hydrogen-bond acceptors (Lipinski definition) is 11. The highest BCUT2D eigenvalue weighted by Gasteiger charge is 2.15. The zero-order chi connectivity index (χ0) is 32.6. The predicted molar refractivity (Wildman–Crippen MR) is 181 cm³/mol. The SMILES string of the molecule is COc1ccc(Nc2cc(-c3ccccc3OC)ncn2)cc1Oc1cc(Nc2cc(-c3ccccc3OC)ncn2)ccc1OC. The third kappa shape index (κ3) is 6.99. The topological polar surface area (TPSA) is 122 Å². The molecule has 0 atom stereocenters. The van der Waals surface area contributed by atoms with E-state index in [1.165, 1.54) is 12.7 Å². The summed E-state index contributed by atoms with van der Waals surface area (Å²) < 4.78 is 28.7. The highest BCUT2D eigenvalue weighted by Crippen LogP contribution is 2.40. The van der Waals surface area contributed by atoms with Gasteiger partial charge >= 0.3 is 0 Å². The lowest BCUT2D eigenvalue weighted by molar-refractivity contribution is 0.357. The summed E-state index contributed by atoms with van der Waals surface area (Å²) in [7, 11) is 6.44. The molecule has 2 aromatic heterocycles. The van der Waals surface area contributed by atoms with Crippen LogP contribution in [0.5, 0.6) is 34.5 Å². The molecule has 11 heteroatoms. The molecule has 0 amide bonds. The van der Waals surface area contributed by atoms with Gasteiger partial charge in [-0.05, 0) is 48.5 Å². The standard InChI is InChI=1S/C36H32N6O5/c1-43-29-11-7-5-9-25(29)27-19-35(39-21-37-27)41-23-13-15-31(45-3)33(17-23)47-34-18-24(14-16-32(34)46-4)42-36-20-28(38-22-40-36)26-10-6-8-12-30(26)44-2/h5-22H,1-4H3,(H,37,39,41)(H,38,40,42). The first kappa shape index (κ1) is 30.7. The van der Waals surface area contributed by atoms with Crippen molar-refractivity contribution in [1.29, 1.82) is 0 Å². The lowest BCUT2D eigenvalue weighted by atomic mass is 10.1. The van der Waals surface area contributed by atoms with Crippen molar-refractivity contribution in [3.8, 4) is 57.0 Å². The normalized spacial score (nSPS) is 10.6. The summed E-state index contributed by atoms with van der Waals surface area (Å²) in [5, 5.41) is 6.67. The maximum Gasteiger partial charge on any atom is 0.171 e. The summed E-state index contributed by atoms with van der Waals surface area (Å²) in [6.07, 6.45) is 3.01. The van der Waals surface area contributed by atoms with Crippen LogP contribution in [-0.4, -0.2) is 48.4 Å². The van der Waals surface area contributed by atoms with Crippen LogP contribution in [0.2, 0.25) is 0 Å². The summed E-state index contributed by atoms with van der Waals surface area (Å²) in [6, 6.07) is 30.1. The maximum atomic E-state index is 6.40.